The highest BCUT2D eigenvalue weighted by molar-refractivity contribution is 7.15. The van der Waals surface area contributed by atoms with E-state index in [1.54, 1.807) is 6.20 Å². The van der Waals surface area contributed by atoms with Gasteiger partial charge in [0, 0.05) is 11.1 Å². The molecule has 90 valence electrons. The Hall–Kier alpha value is -0.940. The molecule has 1 amide bonds. The summed E-state index contributed by atoms with van der Waals surface area (Å²) in [6, 6.07) is -0.459. The predicted molar refractivity (Wildman–Crippen MR) is 67.6 cm³/mol. The Kier molecular flexibility index (Phi) is 4.89. The van der Waals surface area contributed by atoms with E-state index in [-0.39, 0.29) is 11.8 Å². The Balaban J connectivity index is 2.57. The van der Waals surface area contributed by atoms with Crippen LogP contribution < -0.4 is 11.1 Å². The molecule has 1 rings (SSSR count). The van der Waals surface area contributed by atoms with Gasteiger partial charge in [-0.2, -0.15) is 0 Å². The summed E-state index contributed by atoms with van der Waals surface area (Å²) in [5, 5.41) is 3.39. The lowest BCUT2D eigenvalue weighted by atomic mass is 10.00. The number of nitrogens with two attached hydrogens (primary N) is 1. The maximum atomic E-state index is 11.7. The minimum Gasteiger partial charge on any atom is -0.320 e. The van der Waals surface area contributed by atoms with Crippen LogP contribution in [0.3, 0.4) is 0 Å². The van der Waals surface area contributed by atoms with Crippen LogP contribution in [-0.2, 0) is 11.2 Å². The highest BCUT2D eigenvalue weighted by atomic mass is 32.1. The van der Waals surface area contributed by atoms with E-state index in [1.807, 2.05) is 13.8 Å². The van der Waals surface area contributed by atoms with Crippen molar-refractivity contribution in [2.45, 2.75) is 39.7 Å². The van der Waals surface area contributed by atoms with E-state index in [4.69, 9.17) is 5.73 Å². The quantitative estimate of drug-likeness (QED) is 0.828. The summed E-state index contributed by atoms with van der Waals surface area (Å²) in [4.78, 5) is 17.0. The van der Waals surface area contributed by atoms with E-state index < -0.39 is 6.04 Å². The number of nitrogens with zero attached hydrogens (tertiary/aromatic N) is 1. The number of aromatic nitrogens is 1. The van der Waals surface area contributed by atoms with E-state index in [2.05, 4.69) is 17.2 Å². The van der Waals surface area contributed by atoms with Gasteiger partial charge in [-0.05, 0) is 12.3 Å². The molecule has 1 heterocycles. The van der Waals surface area contributed by atoms with E-state index in [9.17, 15) is 4.79 Å². The number of amides is 1. The Morgan fingerprint density at radius 3 is 2.81 bits per heavy atom. The third kappa shape index (κ3) is 3.28. The Labute approximate surface area is 100 Å². The van der Waals surface area contributed by atoms with Gasteiger partial charge in [0.25, 0.3) is 0 Å². The van der Waals surface area contributed by atoms with Crippen LogP contribution in [-0.4, -0.2) is 16.9 Å². The lowest BCUT2D eigenvalue weighted by Crippen LogP contribution is -2.40. The number of nitrogens with one attached hydrogen (secondary N) is 1. The van der Waals surface area contributed by atoms with Gasteiger partial charge in [-0.15, -0.1) is 11.3 Å². The van der Waals surface area contributed by atoms with E-state index in [0.29, 0.717) is 5.13 Å². The summed E-state index contributed by atoms with van der Waals surface area (Å²) in [6.45, 7) is 6.06. The van der Waals surface area contributed by atoms with Crippen molar-refractivity contribution in [3.63, 3.8) is 0 Å². The molecule has 3 N–H and O–H groups in total. The van der Waals surface area contributed by atoms with Crippen molar-refractivity contribution >= 4 is 22.4 Å². The van der Waals surface area contributed by atoms with Gasteiger partial charge in [-0.1, -0.05) is 27.2 Å². The number of carbonyl (C=O) groups is 1. The Bertz CT molecular complexity index is 351. The van der Waals surface area contributed by atoms with Crippen molar-refractivity contribution in [2.75, 3.05) is 5.32 Å². The molecule has 2 atom stereocenters. The number of hydrogen-bond acceptors (Lipinski definition) is 4. The molecule has 0 fully saturated rings. The van der Waals surface area contributed by atoms with Gasteiger partial charge in [-0.25, -0.2) is 4.98 Å². The van der Waals surface area contributed by atoms with Crippen molar-refractivity contribution in [3.8, 4) is 0 Å². The fraction of sp³-hybridized carbons (Fsp3) is 0.636. The molecule has 1 aromatic heterocycles. The van der Waals surface area contributed by atoms with Gasteiger partial charge in [0.15, 0.2) is 5.13 Å². The minimum atomic E-state index is -0.459. The standard InChI is InChI=1S/C11H19N3OS/c1-4-7(3)9(12)10(15)14-11-13-6-8(5-2)16-11/h6-7,9H,4-5,12H2,1-3H3,(H,13,14,15). The molecule has 4 nitrogen and oxygen atoms in total. The third-order valence-electron chi connectivity index (χ3n) is 2.69. The molecule has 2 unspecified atom stereocenters. The molecular weight excluding hydrogens is 222 g/mol. The van der Waals surface area contributed by atoms with Crippen LogP contribution in [0.2, 0.25) is 0 Å². The van der Waals surface area contributed by atoms with E-state index >= 15 is 0 Å². The molecule has 1 aromatic rings. The van der Waals surface area contributed by atoms with Crippen LogP contribution in [0.1, 0.15) is 32.1 Å². The van der Waals surface area contributed by atoms with Gasteiger partial charge in [0.2, 0.25) is 5.91 Å². The second kappa shape index (κ2) is 5.96. The summed E-state index contributed by atoms with van der Waals surface area (Å²) < 4.78 is 0. The molecule has 0 aliphatic carbocycles. The monoisotopic (exact) mass is 241 g/mol. The highest BCUT2D eigenvalue weighted by Gasteiger charge is 2.20. The smallest absolute Gasteiger partial charge is 0.243 e. The number of anilines is 1. The first-order chi connectivity index (χ1) is 7.58. The molecule has 0 bridgehead atoms. The van der Waals surface area contributed by atoms with Crippen molar-refractivity contribution in [2.24, 2.45) is 11.7 Å². The van der Waals surface area contributed by atoms with Crippen LogP contribution in [0, 0.1) is 5.92 Å². The number of thiazole rings is 1. The van der Waals surface area contributed by atoms with Crippen LogP contribution in [0.15, 0.2) is 6.20 Å². The van der Waals surface area contributed by atoms with Gasteiger partial charge in [0.05, 0.1) is 6.04 Å². The summed E-state index contributed by atoms with van der Waals surface area (Å²) in [5.74, 6) is 0.0389. The van der Waals surface area contributed by atoms with Gasteiger partial charge < -0.3 is 11.1 Å². The zero-order chi connectivity index (χ0) is 12.1. The number of rotatable bonds is 5. The molecule has 0 saturated carbocycles. The Morgan fingerprint density at radius 2 is 2.31 bits per heavy atom. The lowest BCUT2D eigenvalue weighted by Gasteiger charge is -2.16. The van der Waals surface area contributed by atoms with Crippen LogP contribution in [0.4, 0.5) is 5.13 Å². The molecular formula is C11H19N3OS. The zero-order valence-corrected chi connectivity index (χ0v) is 10.8. The van der Waals surface area contributed by atoms with Crippen LogP contribution in [0.25, 0.3) is 0 Å². The zero-order valence-electron chi connectivity index (χ0n) is 9.99. The predicted octanol–water partition coefficient (Wildman–Crippen LogP) is 2.02. The van der Waals surface area contributed by atoms with Crippen molar-refractivity contribution < 1.29 is 4.79 Å². The normalized spacial score (nSPS) is 14.5. The van der Waals surface area contributed by atoms with E-state index in [0.717, 1.165) is 17.7 Å². The number of carbonyl (C=O) groups excluding carboxylic acids is 1. The van der Waals surface area contributed by atoms with Crippen molar-refractivity contribution in [1.82, 2.24) is 4.98 Å². The summed E-state index contributed by atoms with van der Waals surface area (Å²) in [5.41, 5.74) is 5.82. The van der Waals surface area contributed by atoms with Gasteiger partial charge >= 0.3 is 0 Å². The second-order valence-corrected chi connectivity index (χ2v) is 5.00. The topological polar surface area (TPSA) is 68.0 Å². The Morgan fingerprint density at radius 1 is 1.62 bits per heavy atom. The maximum Gasteiger partial charge on any atom is 0.243 e. The SMILES string of the molecule is CCc1cnc(NC(=O)C(N)C(C)CC)s1. The summed E-state index contributed by atoms with van der Waals surface area (Å²) in [6.07, 6.45) is 3.62. The van der Waals surface area contributed by atoms with E-state index in [1.165, 1.54) is 11.3 Å². The fourth-order valence-electron chi connectivity index (χ4n) is 1.23. The van der Waals surface area contributed by atoms with Crippen molar-refractivity contribution in [3.05, 3.63) is 11.1 Å². The second-order valence-electron chi connectivity index (χ2n) is 3.89. The van der Waals surface area contributed by atoms with Gasteiger partial charge in [0.1, 0.15) is 0 Å². The van der Waals surface area contributed by atoms with Gasteiger partial charge in [-0.3, -0.25) is 4.79 Å². The first-order valence-corrected chi connectivity index (χ1v) is 6.41. The van der Waals surface area contributed by atoms with Crippen LogP contribution in [0.5, 0.6) is 0 Å². The number of aryl methyl sites for hydroxylation is 1. The fourth-order valence-corrected chi connectivity index (χ4v) is 1.98. The molecule has 0 radical (unpaired) electrons. The average molecular weight is 241 g/mol. The molecule has 0 saturated heterocycles. The largest absolute Gasteiger partial charge is 0.320 e. The van der Waals surface area contributed by atoms with Crippen molar-refractivity contribution in [1.29, 1.82) is 0 Å². The summed E-state index contributed by atoms with van der Waals surface area (Å²) in [7, 11) is 0. The summed E-state index contributed by atoms with van der Waals surface area (Å²) >= 11 is 1.50. The molecule has 0 spiro atoms. The molecule has 5 heteroatoms. The molecule has 16 heavy (non-hydrogen) atoms. The first kappa shape index (κ1) is 13.1. The first-order valence-electron chi connectivity index (χ1n) is 5.59. The average Bonchev–Trinajstić information content (AvgIpc) is 2.74. The maximum absolute atomic E-state index is 11.7. The molecule has 0 aliphatic rings. The minimum absolute atomic E-state index is 0.147. The molecule has 0 aliphatic heterocycles. The third-order valence-corrected chi connectivity index (χ3v) is 3.75. The van der Waals surface area contributed by atoms with Crippen LogP contribution >= 0.6 is 11.3 Å². The molecule has 0 aromatic carbocycles. The number of hydrogen-bond donors (Lipinski definition) is 2. The highest BCUT2D eigenvalue weighted by Crippen LogP contribution is 2.19. The lowest BCUT2D eigenvalue weighted by molar-refractivity contribution is -0.118.